The number of fused-ring (bicyclic) bond motifs is 1. The molecule has 0 bridgehead atoms. The van der Waals surface area contributed by atoms with E-state index in [0.717, 1.165) is 30.3 Å². The number of nitrogens with zero attached hydrogens (tertiary/aromatic N) is 3. The molecule has 0 saturated carbocycles. The van der Waals surface area contributed by atoms with Gasteiger partial charge in [-0.25, -0.2) is 0 Å². The van der Waals surface area contributed by atoms with Gasteiger partial charge in [-0.05, 0) is 24.7 Å². The average Bonchev–Trinajstić information content (AvgIpc) is 2.80. The van der Waals surface area contributed by atoms with Crippen LogP contribution >= 0.6 is 12.2 Å². The van der Waals surface area contributed by atoms with Gasteiger partial charge in [-0.2, -0.15) is 0 Å². The second-order valence-electron chi connectivity index (χ2n) is 4.87. The molecule has 1 aromatic carbocycles. The Morgan fingerprint density at radius 1 is 1.45 bits per heavy atom. The Morgan fingerprint density at radius 3 is 2.95 bits per heavy atom. The van der Waals surface area contributed by atoms with Crippen molar-refractivity contribution in [3.05, 3.63) is 36.9 Å². The Balaban J connectivity index is 2.36. The van der Waals surface area contributed by atoms with Crippen LogP contribution in [-0.2, 0) is 6.54 Å². The molecule has 5 nitrogen and oxygen atoms in total. The summed E-state index contributed by atoms with van der Waals surface area (Å²) in [5, 5.41) is 22.6. The zero-order valence-corrected chi connectivity index (χ0v) is 13.4. The lowest BCUT2D eigenvalue weighted by molar-refractivity contribution is 0.418. The molecule has 0 aliphatic rings. The molecule has 0 aliphatic carbocycles. The van der Waals surface area contributed by atoms with E-state index in [-0.39, 0.29) is 11.0 Å². The van der Waals surface area contributed by atoms with E-state index in [0.29, 0.717) is 12.2 Å². The first-order valence-electron chi connectivity index (χ1n) is 7.29. The maximum absolute atomic E-state index is 10.5. The van der Waals surface area contributed by atoms with E-state index in [2.05, 4.69) is 29.0 Å². The summed E-state index contributed by atoms with van der Waals surface area (Å²) in [7, 11) is 0. The van der Waals surface area contributed by atoms with E-state index in [1.165, 1.54) is 0 Å². The second-order valence-corrected chi connectivity index (χ2v) is 5.26. The van der Waals surface area contributed by atoms with Gasteiger partial charge < -0.3 is 15.0 Å². The summed E-state index contributed by atoms with van der Waals surface area (Å²) in [6, 6.07) is 7.75. The fraction of sp³-hybridized carbons (Fsp3) is 0.312. The summed E-state index contributed by atoms with van der Waals surface area (Å²) in [5.41, 5.74) is 1.40. The van der Waals surface area contributed by atoms with Crippen molar-refractivity contribution in [2.45, 2.75) is 26.3 Å². The minimum Gasteiger partial charge on any atom is -0.493 e. The number of benzene rings is 1. The van der Waals surface area contributed by atoms with Crippen molar-refractivity contribution in [1.82, 2.24) is 9.88 Å². The van der Waals surface area contributed by atoms with Gasteiger partial charge in [-0.15, -0.1) is 16.8 Å². The van der Waals surface area contributed by atoms with E-state index in [9.17, 15) is 5.11 Å². The average molecular weight is 316 g/mol. The largest absolute Gasteiger partial charge is 0.493 e. The molecule has 0 atom stereocenters. The van der Waals surface area contributed by atoms with E-state index < -0.39 is 0 Å². The van der Waals surface area contributed by atoms with Crippen LogP contribution in [0.3, 0.4) is 0 Å². The van der Waals surface area contributed by atoms with Gasteiger partial charge in [0.15, 0.2) is 5.69 Å². The second kappa shape index (κ2) is 7.70. The third-order valence-corrected chi connectivity index (χ3v) is 3.52. The molecule has 2 N–H and O–H groups in total. The molecule has 0 unspecified atom stereocenters. The van der Waals surface area contributed by atoms with Gasteiger partial charge in [0.05, 0.1) is 5.52 Å². The summed E-state index contributed by atoms with van der Waals surface area (Å²) in [4.78, 5) is 0. The number of unbranched alkanes of at least 4 members (excludes halogenated alkanes) is 1. The first-order chi connectivity index (χ1) is 10.7. The van der Waals surface area contributed by atoms with Crippen LogP contribution in [0.4, 0.5) is 5.69 Å². The third kappa shape index (κ3) is 3.51. The molecular formula is C16H20N4OS. The number of aryl methyl sites for hydroxylation is 1. The highest BCUT2D eigenvalue weighted by Gasteiger charge is 2.15. The fourth-order valence-electron chi connectivity index (χ4n) is 2.20. The third-order valence-electron chi connectivity index (χ3n) is 3.29. The first-order valence-corrected chi connectivity index (χ1v) is 7.70. The number of thiocarbonyl (C=S) groups is 1. The number of hydrogen-bond acceptors (Lipinski definition) is 3. The van der Waals surface area contributed by atoms with Gasteiger partial charge in [-0.3, -0.25) is 0 Å². The normalized spacial score (nSPS) is 11.1. The highest BCUT2D eigenvalue weighted by molar-refractivity contribution is 7.80. The number of nitrogens with one attached hydrogen (secondary N) is 1. The fourth-order valence-corrected chi connectivity index (χ4v) is 2.33. The standard InChI is InChI=1S/C16H20N4OS/c1-3-5-11-20-13-9-7-6-8-12(13)14(15(20)21)18-19-16(22)17-10-4-2/h4,6-9,21H,2-3,5,10-11H2,1H3,(H,17,22). The van der Waals surface area contributed by atoms with Crippen LogP contribution in [0.15, 0.2) is 47.1 Å². The number of rotatable bonds is 6. The molecule has 0 fully saturated rings. The van der Waals surface area contributed by atoms with Crippen LogP contribution in [0.1, 0.15) is 19.8 Å². The smallest absolute Gasteiger partial charge is 0.220 e. The summed E-state index contributed by atoms with van der Waals surface area (Å²) in [5.74, 6) is 0.130. The predicted octanol–water partition coefficient (Wildman–Crippen LogP) is 4.29. The van der Waals surface area contributed by atoms with Crippen LogP contribution in [0.25, 0.3) is 10.9 Å². The van der Waals surface area contributed by atoms with Gasteiger partial charge in [0, 0.05) is 18.5 Å². The topological polar surface area (TPSA) is 61.9 Å². The van der Waals surface area contributed by atoms with E-state index >= 15 is 0 Å². The maximum Gasteiger partial charge on any atom is 0.220 e. The molecule has 0 amide bonds. The van der Waals surface area contributed by atoms with Gasteiger partial charge in [0.1, 0.15) is 0 Å². The molecule has 0 aliphatic heterocycles. The number of azo groups is 1. The van der Waals surface area contributed by atoms with Crippen LogP contribution in [-0.4, -0.2) is 21.3 Å². The van der Waals surface area contributed by atoms with Gasteiger partial charge in [0.2, 0.25) is 11.0 Å². The van der Waals surface area contributed by atoms with Crippen LogP contribution in [0.2, 0.25) is 0 Å². The highest BCUT2D eigenvalue weighted by Crippen LogP contribution is 2.38. The summed E-state index contributed by atoms with van der Waals surface area (Å²) in [6.45, 7) is 7.00. The molecule has 0 saturated heterocycles. The Hall–Kier alpha value is -2.21. The van der Waals surface area contributed by atoms with Crippen molar-refractivity contribution in [2.75, 3.05) is 6.54 Å². The number of aromatic hydroxyl groups is 1. The zero-order chi connectivity index (χ0) is 15.9. The van der Waals surface area contributed by atoms with Crippen molar-refractivity contribution in [2.24, 2.45) is 10.2 Å². The van der Waals surface area contributed by atoms with Crippen molar-refractivity contribution >= 4 is 33.9 Å². The predicted molar refractivity (Wildman–Crippen MR) is 93.8 cm³/mol. The maximum atomic E-state index is 10.5. The molecule has 116 valence electrons. The monoisotopic (exact) mass is 316 g/mol. The van der Waals surface area contributed by atoms with Crippen molar-refractivity contribution in [1.29, 1.82) is 0 Å². The molecule has 2 rings (SSSR count). The molecule has 22 heavy (non-hydrogen) atoms. The summed E-state index contributed by atoms with van der Waals surface area (Å²) >= 11 is 5.05. The van der Waals surface area contributed by atoms with Crippen molar-refractivity contribution in [3.63, 3.8) is 0 Å². The molecule has 0 radical (unpaired) electrons. The number of hydrogen-bond donors (Lipinski definition) is 2. The van der Waals surface area contributed by atoms with E-state index in [4.69, 9.17) is 12.2 Å². The zero-order valence-electron chi connectivity index (χ0n) is 12.6. The first kappa shape index (κ1) is 16.2. The molecule has 2 aromatic rings. The van der Waals surface area contributed by atoms with Crippen molar-refractivity contribution in [3.8, 4) is 5.88 Å². The SMILES string of the molecule is C=CCNC(=S)N=Nc1c(O)n(CCCC)c2ccccc12. The van der Waals surface area contributed by atoms with Crippen LogP contribution in [0, 0.1) is 0 Å². The van der Waals surface area contributed by atoms with Crippen molar-refractivity contribution < 1.29 is 5.11 Å². The molecule has 1 heterocycles. The van der Waals surface area contributed by atoms with Crippen LogP contribution in [0.5, 0.6) is 5.88 Å². The number of aromatic nitrogens is 1. The Kier molecular flexibility index (Phi) is 5.66. The van der Waals surface area contributed by atoms with Gasteiger partial charge >= 0.3 is 0 Å². The minimum atomic E-state index is 0.130. The molecule has 6 heteroatoms. The number of para-hydroxylation sites is 1. The lowest BCUT2D eigenvalue weighted by Crippen LogP contribution is -2.18. The lowest BCUT2D eigenvalue weighted by atomic mass is 10.2. The highest BCUT2D eigenvalue weighted by atomic mass is 32.1. The van der Waals surface area contributed by atoms with E-state index in [1.54, 1.807) is 6.08 Å². The summed E-state index contributed by atoms with van der Waals surface area (Å²) in [6.07, 6.45) is 3.73. The van der Waals surface area contributed by atoms with Crippen LogP contribution < -0.4 is 5.32 Å². The quantitative estimate of drug-likeness (QED) is 0.475. The molecule has 1 aromatic heterocycles. The molecule has 0 spiro atoms. The lowest BCUT2D eigenvalue weighted by Gasteiger charge is -2.05. The Morgan fingerprint density at radius 2 is 2.23 bits per heavy atom. The van der Waals surface area contributed by atoms with Gasteiger partial charge in [-0.1, -0.05) is 37.6 Å². The molecular weight excluding hydrogens is 296 g/mol. The Bertz CT molecular complexity index is 705. The summed E-state index contributed by atoms with van der Waals surface area (Å²) < 4.78 is 1.87. The minimum absolute atomic E-state index is 0.130. The van der Waals surface area contributed by atoms with Gasteiger partial charge in [0.25, 0.3) is 0 Å². The van der Waals surface area contributed by atoms with E-state index in [1.807, 2.05) is 28.8 Å². The Labute approximate surface area is 135 Å².